The number of aryl methyl sites for hydroxylation is 2. The van der Waals surface area contributed by atoms with Gasteiger partial charge in [0.15, 0.2) is 0 Å². The van der Waals surface area contributed by atoms with Crippen LogP contribution >= 0.6 is 0 Å². The number of hydrogen-bond donors (Lipinski definition) is 2. The van der Waals surface area contributed by atoms with Gasteiger partial charge in [0, 0.05) is 7.05 Å². The monoisotopic (exact) mass is 175 g/mol. The molecule has 3 heteroatoms. The summed E-state index contributed by atoms with van der Waals surface area (Å²) in [7, 11) is 1.92. The van der Waals surface area contributed by atoms with Gasteiger partial charge in [-0.3, -0.25) is 0 Å². The van der Waals surface area contributed by atoms with E-state index in [1.54, 1.807) is 0 Å². The van der Waals surface area contributed by atoms with Crippen LogP contribution in [0.4, 0.5) is 5.69 Å². The lowest BCUT2D eigenvalue weighted by Crippen LogP contribution is -1.92. The predicted octanol–water partition coefficient (Wildman–Crippen LogP) is 2.22. The molecule has 0 aliphatic rings. The van der Waals surface area contributed by atoms with Crippen LogP contribution in [0, 0.1) is 13.8 Å². The number of benzene rings is 1. The maximum absolute atomic E-state index is 4.43. The zero-order valence-corrected chi connectivity index (χ0v) is 8.10. The summed E-state index contributed by atoms with van der Waals surface area (Å²) in [6, 6.07) is 4.15. The van der Waals surface area contributed by atoms with E-state index in [9.17, 15) is 0 Å². The van der Waals surface area contributed by atoms with Crippen molar-refractivity contribution in [3.63, 3.8) is 0 Å². The number of aromatic nitrogens is 2. The summed E-state index contributed by atoms with van der Waals surface area (Å²) >= 11 is 0. The van der Waals surface area contributed by atoms with Crippen LogP contribution in [0.1, 0.15) is 11.4 Å². The molecule has 0 bridgehead atoms. The molecule has 0 saturated carbocycles. The highest BCUT2D eigenvalue weighted by Gasteiger charge is 2.05. The Morgan fingerprint density at radius 1 is 1.31 bits per heavy atom. The smallest absolute Gasteiger partial charge is 0.112 e. The number of nitrogens with zero attached hydrogens (tertiary/aromatic N) is 1. The second kappa shape index (κ2) is 2.76. The van der Waals surface area contributed by atoms with E-state index in [1.165, 1.54) is 5.56 Å². The number of anilines is 1. The molecule has 0 atom stereocenters. The highest BCUT2D eigenvalue weighted by molar-refractivity contribution is 5.90. The molecule has 1 aromatic heterocycles. The Kier molecular flexibility index (Phi) is 1.72. The largest absolute Gasteiger partial charge is 0.386 e. The second-order valence-corrected chi connectivity index (χ2v) is 3.23. The van der Waals surface area contributed by atoms with Crippen molar-refractivity contribution in [2.45, 2.75) is 13.8 Å². The third-order valence-corrected chi connectivity index (χ3v) is 2.23. The van der Waals surface area contributed by atoms with Crippen molar-refractivity contribution in [3.05, 3.63) is 23.5 Å². The highest BCUT2D eigenvalue weighted by Crippen LogP contribution is 2.24. The van der Waals surface area contributed by atoms with E-state index in [0.717, 1.165) is 22.5 Å². The second-order valence-electron chi connectivity index (χ2n) is 3.23. The summed E-state index contributed by atoms with van der Waals surface area (Å²) in [5, 5.41) is 3.17. The van der Waals surface area contributed by atoms with E-state index < -0.39 is 0 Å². The zero-order chi connectivity index (χ0) is 9.42. The van der Waals surface area contributed by atoms with E-state index >= 15 is 0 Å². The quantitative estimate of drug-likeness (QED) is 0.697. The average Bonchev–Trinajstić information content (AvgIpc) is 2.45. The lowest BCUT2D eigenvalue weighted by atomic mass is 10.2. The van der Waals surface area contributed by atoms with Crippen molar-refractivity contribution >= 4 is 16.7 Å². The fourth-order valence-corrected chi connectivity index (χ4v) is 1.62. The van der Waals surface area contributed by atoms with Gasteiger partial charge in [-0.1, -0.05) is 6.07 Å². The van der Waals surface area contributed by atoms with Crippen molar-refractivity contribution in [3.8, 4) is 0 Å². The van der Waals surface area contributed by atoms with Crippen LogP contribution in [-0.4, -0.2) is 17.0 Å². The van der Waals surface area contributed by atoms with E-state index in [1.807, 2.05) is 14.0 Å². The van der Waals surface area contributed by atoms with Crippen LogP contribution in [0.2, 0.25) is 0 Å². The lowest BCUT2D eigenvalue weighted by Gasteiger charge is -2.04. The first-order valence-electron chi connectivity index (χ1n) is 4.36. The number of H-pyrrole nitrogens is 1. The van der Waals surface area contributed by atoms with Crippen LogP contribution in [-0.2, 0) is 0 Å². The van der Waals surface area contributed by atoms with Crippen molar-refractivity contribution in [2.24, 2.45) is 0 Å². The van der Waals surface area contributed by atoms with Gasteiger partial charge in [0.05, 0.1) is 11.2 Å². The van der Waals surface area contributed by atoms with E-state index in [2.05, 4.69) is 34.3 Å². The molecule has 3 nitrogen and oxygen atoms in total. The number of fused-ring (bicyclic) bond motifs is 1. The molecule has 0 unspecified atom stereocenters. The third-order valence-electron chi connectivity index (χ3n) is 2.23. The highest BCUT2D eigenvalue weighted by atomic mass is 14.9. The molecule has 2 N–H and O–H groups in total. The first-order valence-corrected chi connectivity index (χ1v) is 4.36. The molecule has 0 saturated heterocycles. The minimum atomic E-state index is 0.956. The summed E-state index contributed by atoms with van der Waals surface area (Å²) in [4.78, 5) is 7.64. The number of imidazole rings is 1. The van der Waals surface area contributed by atoms with Crippen LogP contribution in [0.3, 0.4) is 0 Å². The average molecular weight is 175 g/mol. The molecule has 2 rings (SSSR count). The molecule has 13 heavy (non-hydrogen) atoms. The van der Waals surface area contributed by atoms with Crippen molar-refractivity contribution in [1.82, 2.24) is 9.97 Å². The first kappa shape index (κ1) is 8.10. The molecule has 0 amide bonds. The molecule has 1 heterocycles. The minimum Gasteiger partial charge on any atom is -0.386 e. The molecule has 0 fully saturated rings. The Bertz CT molecular complexity index is 443. The first-order chi connectivity index (χ1) is 6.22. The summed E-state index contributed by atoms with van der Waals surface area (Å²) in [5.74, 6) is 0.956. The molecule has 0 spiro atoms. The number of nitrogens with one attached hydrogen (secondary N) is 2. The van der Waals surface area contributed by atoms with Crippen LogP contribution in [0.5, 0.6) is 0 Å². The van der Waals surface area contributed by atoms with Crippen LogP contribution < -0.4 is 5.32 Å². The number of hydrogen-bond acceptors (Lipinski definition) is 2. The number of aromatic amines is 1. The van der Waals surface area contributed by atoms with E-state index in [4.69, 9.17) is 0 Å². The zero-order valence-electron chi connectivity index (χ0n) is 8.10. The topological polar surface area (TPSA) is 40.7 Å². The predicted molar refractivity (Wildman–Crippen MR) is 55.1 cm³/mol. The molecule has 0 aliphatic carbocycles. The van der Waals surface area contributed by atoms with Gasteiger partial charge < -0.3 is 10.3 Å². The van der Waals surface area contributed by atoms with E-state index in [-0.39, 0.29) is 0 Å². The molecule has 68 valence electrons. The molecule has 2 aromatic rings. The van der Waals surface area contributed by atoms with E-state index in [0.29, 0.717) is 0 Å². The van der Waals surface area contributed by atoms with Gasteiger partial charge in [-0.25, -0.2) is 4.98 Å². The van der Waals surface area contributed by atoms with Gasteiger partial charge in [-0.05, 0) is 25.5 Å². The standard InChI is InChI=1S/C10H13N3/c1-6-4-5-8-10(9(6)11-3)13-7(2)12-8/h4-5,11H,1-3H3,(H,12,13). The third kappa shape index (κ3) is 1.16. The van der Waals surface area contributed by atoms with Crippen LogP contribution in [0.25, 0.3) is 11.0 Å². The van der Waals surface area contributed by atoms with Crippen molar-refractivity contribution < 1.29 is 0 Å². The van der Waals surface area contributed by atoms with Gasteiger partial charge in [0.2, 0.25) is 0 Å². The maximum atomic E-state index is 4.43. The van der Waals surface area contributed by atoms with Crippen molar-refractivity contribution in [2.75, 3.05) is 12.4 Å². The molecular weight excluding hydrogens is 162 g/mol. The fraction of sp³-hybridized carbons (Fsp3) is 0.300. The fourth-order valence-electron chi connectivity index (χ4n) is 1.62. The minimum absolute atomic E-state index is 0.956. The lowest BCUT2D eigenvalue weighted by molar-refractivity contribution is 1.17. The van der Waals surface area contributed by atoms with Crippen LogP contribution in [0.15, 0.2) is 12.1 Å². The SMILES string of the molecule is CNc1c(C)ccc2[nH]c(C)nc12. The summed E-state index contributed by atoms with van der Waals surface area (Å²) < 4.78 is 0. The van der Waals surface area contributed by atoms with Gasteiger partial charge in [-0.2, -0.15) is 0 Å². The Morgan fingerprint density at radius 3 is 2.77 bits per heavy atom. The van der Waals surface area contributed by atoms with Gasteiger partial charge >= 0.3 is 0 Å². The summed E-state index contributed by atoms with van der Waals surface area (Å²) in [6.07, 6.45) is 0. The molecule has 0 aliphatic heterocycles. The van der Waals surface area contributed by atoms with Crippen molar-refractivity contribution in [1.29, 1.82) is 0 Å². The Hall–Kier alpha value is -1.51. The van der Waals surface area contributed by atoms with Gasteiger partial charge in [0.25, 0.3) is 0 Å². The molecule has 1 aromatic carbocycles. The number of rotatable bonds is 1. The summed E-state index contributed by atoms with van der Waals surface area (Å²) in [5.41, 5.74) is 4.45. The maximum Gasteiger partial charge on any atom is 0.112 e. The molecular formula is C10H13N3. The van der Waals surface area contributed by atoms with Gasteiger partial charge in [0.1, 0.15) is 11.3 Å². The Morgan fingerprint density at radius 2 is 2.08 bits per heavy atom. The summed E-state index contributed by atoms with van der Waals surface area (Å²) in [6.45, 7) is 4.05. The van der Waals surface area contributed by atoms with Gasteiger partial charge in [-0.15, -0.1) is 0 Å². The molecule has 0 radical (unpaired) electrons. The normalized spacial score (nSPS) is 10.7. The Balaban J connectivity index is 2.82. The Labute approximate surface area is 77.2 Å².